The van der Waals surface area contributed by atoms with Gasteiger partial charge in [-0.2, -0.15) is 5.21 Å². The second kappa shape index (κ2) is 7.14. The Hall–Kier alpha value is -3.20. The minimum Gasteiger partial charge on any atom is -0.504 e. The molecule has 1 aromatic carbocycles. The third-order valence-corrected chi connectivity index (χ3v) is 4.21. The van der Waals surface area contributed by atoms with Crippen LogP contribution in [-0.2, 0) is 6.42 Å². The van der Waals surface area contributed by atoms with Crippen molar-refractivity contribution in [2.24, 2.45) is 0 Å². The van der Waals surface area contributed by atoms with Crippen molar-refractivity contribution in [3.63, 3.8) is 0 Å². The number of hydrogen-bond acceptors (Lipinski definition) is 8. The van der Waals surface area contributed by atoms with E-state index in [9.17, 15) is 14.7 Å². The number of aliphatic hydroxyl groups is 1. The van der Waals surface area contributed by atoms with Gasteiger partial charge in [0.15, 0.2) is 11.5 Å². The number of nitrogens with zero attached hydrogens (tertiary/aromatic N) is 4. The summed E-state index contributed by atoms with van der Waals surface area (Å²) in [5.41, 5.74) is 1.87. The molecule has 0 bridgehead atoms. The van der Waals surface area contributed by atoms with E-state index in [4.69, 9.17) is 0 Å². The molecule has 2 heterocycles. The predicted octanol–water partition coefficient (Wildman–Crippen LogP) is 2.23. The van der Waals surface area contributed by atoms with E-state index in [1.54, 1.807) is 17.5 Å². The molecule has 2 N–H and O–H groups in total. The van der Waals surface area contributed by atoms with E-state index in [0.717, 1.165) is 16.6 Å². The molecule has 8 nitrogen and oxygen atoms in total. The molecule has 0 amide bonds. The summed E-state index contributed by atoms with van der Waals surface area (Å²) in [5, 5.41) is 24.8. The monoisotopic (exact) mass is 355 g/mol. The zero-order valence-electron chi connectivity index (χ0n) is 13.1. The number of carbonyl (C=O) groups excluding carboxylic acids is 2. The number of H-pyrrole nitrogens is 1. The van der Waals surface area contributed by atoms with Gasteiger partial charge < -0.3 is 5.11 Å². The minimum atomic E-state index is -0.447. The maximum Gasteiger partial charge on any atom is 0.239 e. The van der Waals surface area contributed by atoms with Crippen LogP contribution in [0.2, 0.25) is 0 Å². The van der Waals surface area contributed by atoms with E-state index in [1.807, 2.05) is 12.1 Å². The molecule has 9 heteroatoms. The number of aromatic nitrogens is 5. The van der Waals surface area contributed by atoms with Crippen molar-refractivity contribution < 1.29 is 14.7 Å². The standard InChI is InChI=1S/C16H13N5O3S/c1-9(22)11-4-2-10(3-5-11)6-15-17-12(8-25-15)13(23)7-14(24)16-18-20-21-19-16/h2-5,7-8,24H,6H2,1H3,(H,18,19,20,21). The summed E-state index contributed by atoms with van der Waals surface area (Å²) in [7, 11) is 0. The van der Waals surface area contributed by atoms with Crippen molar-refractivity contribution in [1.29, 1.82) is 0 Å². The molecule has 0 aliphatic carbocycles. The zero-order chi connectivity index (χ0) is 17.8. The van der Waals surface area contributed by atoms with Crippen molar-refractivity contribution in [3.05, 3.63) is 63.4 Å². The van der Waals surface area contributed by atoms with Crippen molar-refractivity contribution in [1.82, 2.24) is 25.6 Å². The Kier molecular flexibility index (Phi) is 4.75. The number of allylic oxidation sites excluding steroid dienone is 1. The van der Waals surface area contributed by atoms with Crippen LogP contribution < -0.4 is 0 Å². The number of aliphatic hydroxyl groups excluding tert-OH is 1. The van der Waals surface area contributed by atoms with Crippen LogP contribution in [0.25, 0.3) is 5.76 Å². The van der Waals surface area contributed by atoms with Crippen LogP contribution in [0.5, 0.6) is 0 Å². The summed E-state index contributed by atoms with van der Waals surface area (Å²) >= 11 is 1.35. The highest BCUT2D eigenvalue weighted by Crippen LogP contribution is 2.17. The van der Waals surface area contributed by atoms with Gasteiger partial charge in [-0.25, -0.2) is 4.98 Å². The smallest absolute Gasteiger partial charge is 0.239 e. The van der Waals surface area contributed by atoms with Gasteiger partial charge in [-0.05, 0) is 17.7 Å². The molecule has 0 atom stereocenters. The lowest BCUT2D eigenvalue weighted by molar-refractivity contribution is 0.101. The quantitative estimate of drug-likeness (QED) is 0.395. The zero-order valence-corrected chi connectivity index (χ0v) is 13.9. The largest absolute Gasteiger partial charge is 0.504 e. The highest BCUT2D eigenvalue weighted by atomic mass is 32.1. The maximum absolute atomic E-state index is 12.1. The van der Waals surface area contributed by atoms with Crippen LogP contribution >= 0.6 is 11.3 Å². The van der Waals surface area contributed by atoms with Crippen LogP contribution in [0.15, 0.2) is 35.7 Å². The SMILES string of the molecule is CC(=O)c1ccc(Cc2nc(C(=O)C=C(O)c3nn[nH]n3)cs2)cc1. The number of Topliss-reactive ketones (excluding diaryl/α,β-unsaturated/α-hetero) is 1. The molecule has 0 spiro atoms. The number of nitrogens with one attached hydrogen (secondary N) is 1. The molecule has 3 aromatic rings. The molecule has 2 aromatic heterocycles. The molecule has 0 saturated heterocycles. The molecular formula is C16H13N5O3S. The number of thiazole rings is 1. The number of hydrogen-bond donors (Lipinski definition) is 2. The average molecular weight is 355 g/mol. The van der Waals surface area contributed by atoms with Crippen molar-refractivity contribution in [2.45, 2.75) is 13.3 Å². The molecule has 25 heavy (non-hydrogen) atoms. The van der Waals surface area contributed by atoms with Crippen LogP contribution in [0.4, 0.5) is 0 Å². The summed E-state index contributed by atoms with van der Waals surface area (Å²) in [6.45, 7) is 1.52. The Morgan fingerprint density at radius 3 is 2.68 bits per heavy atom. The number of ketones is 2. The van der Waals surface area contributed by atoms with Gasteiger partial charge in [0.1, 0.15) is 5.69 Å². The van der Waals surface area contributed by atoms with Gasteiger partial charge in [-0.3, -0.25) is 9.59 Å². The van der Waals surface area contributed by atoms with E-state index in [0.29, 0.717) is 12.0 Å². The topological polar surface area (TPSA) is 122 Å². The Labute approximate surface area is 146 Å². The lowest BCUT2D eigenvalue weighted by atomic mass is 10.1. The Balaban J connectivity index is 1.70. The van der Waals surface area contributed by atoms with E-state index >= 15 is 0 Å². The van der Waals surface area contributed by atoms with Crippen LogP contribution in [0.3, 0.4) is 0 Å². The van der Waals surface area contributed by atoms with Crippen LogP contribution in [-0.4, -0.2) is 42.3 Å². The number of aromatic amines is 1. The Morgan fingerprint density at radius 2 is 2.04 bits per heavy atom. The summed E-state index contributed by atoms with van der Waals surface area (Å²) < 4.78 is 0. The first kappa shape index (κ1) is 16.7. The molecule has 0 aliphatic rings. The van der Waals surface area contributed by atoms with E-state index in [2.05, 4.69) is 25.6 Å². The van der Waals surface area contributed by atoms with E-state index in [-0.39, 0.29) is 23.1 Å². The van der Waals surface area contributed by atoms with Gasteiger partial charge in [0, 0.05) is 23.4 Å². The van der Waals surface area contributed by atoms with Gasteiger partial charge >= 0.3 is 0 Å². The molecule has 0 saturated carbocycles. The molecule has 0 aliphatic heterocycles. The highest BCUT2D eigenvalue weighted by molar-refractivity contribution is 7.09. The lowest BCUT2D eigenvalue weighted by Crippen LogP contribution is -1.99. The van der Waals surface area contributed by atoms with Crippen LogP contribution in [0, 0.1) is 0 Å². The van der Waals surface area contributed by atoms with Gasteiger partial charge in [-0.15, -0.1) is 21.5 Å². The number of tetrazole rings is 1. The number of carbonyl (C=O) groups is 2. The molecule has 0 radical (unpaired) electrons. The predicted molar refractivity (Wildman–Crippen MR) is 90.5 cm³/mol. The molecule has 0 unspecified atom stereocenters. The fraction of sp³-hybridized carbons (Fsp3) is 0.125. The van der Waals surface area contributed by atoms with Crippen molar-refractivity contribution in [2.75, 3.05) is 0 Å². The van der Waals surface area contributed by atoms with Crippen molar-refractivity contribution in [3.8, 4) is 0 Å². The fourth-order valence-electron chi connectivity index (χ4n) is 2.07. The molecule has 0 fully saturated rings. The van der Waals surface area contributed by atoms with E-state index < -0.39 is 5.78 Å². The summed E-state index contributed by atoms with van der Waals surface area (Å²) in [4.78, 5) is 27.7. The first-order valence-corrected chi connectivity index (χ1v) is 8.14. The summed E-state index contributed by atoms with van der Waals surface area (Å²) in [6, 6.07) is 7.26. The van der Waals surface area contributed by atoms with Gasteiger partial charge in [-0.1, -0.05) is 24.3 Å². The van der Waals surface area contributed by atoms with Gasteiger partial charge in [0.2, 0.25) is 11.6 Å². The highest BCUT2D eigenvalue weighted by Gasteiger charge is 2.13. The third kappa shape index (κ3) is 4.01. The number of rotatable bonds is 6. The molecule has 126 valence electrons. The average Bonchev–Trinajstić information content (AvgIpc) is 3.27. The fourth-order valence-corrected chi connectivity index (χ4v) is 2.89. The number of benzene rings is 1. The minimum absolute atomic E-state index is 0.0156. The summed E-state index contributed by atoms with van der Waals surface area (Å²) in [6.07, 6.45) is 1.56. The van der Waals surface area contributed by atoms with Crippen molar-refractivity contribution >= 4 is 28.7 Å². The van der Waals surface area contributed by atoms with Crippen LogP contribution in [0.1, 0.15) is 44.2 Å². The van der Waals surface area contributed by atoms with Gasteiger partial charge in [0.25, 0.3) is 0 Å². The maximum atomic E-state index is 12.1. The van der Waals surface area contributed by atoms with Gasteiger partial charge in [0.05, 0.1) is 5.01 Å². The second-order valence-corrected chi connectivity index (χ2v) is 6.13. The second-order valence-electron chi connectivity index (χ2n) is 5.19. The Morgan fingerprint density at radius 1 is 1.28 bits per heavy atom. The molecular weight excluding hydrogens is 342 g/mol. The van der Waals surface area contributed by atoms with E-state index in [1.165, 1.54) is 18.3 Å². The third-order valence-electron chi connectivity index (χ3n) is 3.36. The Bertz CT molecular complexity index is 929. The first-order valence-electron chi connectivity index (χ1n) is 7.26. The normalized spacial score (nSPS) is 11.5. The molecule has 3 rings (SSSR count). The lowest BCUT2D eigenvalue weighted by Gasteiger charge is -1.99. The summed E-state index contributed by atoms with van der Waals surface area (Å²) in [5.74, 6) is -0.874. The first-order chi connectivity index (χ1) is 12.0.